The van der Waals surface area contributed by atoms with Crippen LogP contribution in [0.1, 0.15) is 53.9 Å². The first-order valence-corrected chi connectivity index (χ1v) is 6.22. The zero-order chi connectivity index (χ0) is 13.7. The third-order valence-electron chi connectivity index (χ3n) is 1.76. The van der Waals surface area contributed by atoms with Crippen molar-refractivity contribution >= 4 is 11.9 Å². The zero-order valence-corrected chi connectivity index (χ0v) is 11.7. The summed E-state index contributed by atoms with van der Waals surface area (Å²) in [5.74, 6) is 0.343. The maximum absolute atomic E-state index is 10.4. The Morgan fingerprint density at radius 2 is 1.71 bits per heavy atom. The van der Waals surface area contributed by atoms with Crippen LogP contribution in [0.25, 0.3) is 0 Å². The summed E-state index contributed by atoms with van der Waals surface area (Å²) in [5.41, 5.74) is 0. The number of ether oxygens (including phenoxy) is 2. The number of rotatable bonds is 6. The summed E-state index contributed by atoms with van der Waals surface area (Å²) in [7, 11) is 0. The van der Waals surface area contributed by atoms with Crippen molar-refractivity contribution < 1.29 is 19.1 Å². The van der Waals surface area contributed by atoms with Crippen LogP contribution < -0.4 is 0 Å². The van der Waals surface area contributed by atoms with E-state index in [-0.39, 0.29) is 11.9 Å². The van der Waals surface area contributed by atoms with Gasteiger partial charge in [-0.3, -0.25) is 9.59 Å². The molecular formula is C13H26O4. The molecule has 0 saturated carbocycles. The van der Waals surface area contributed by atoms with E-state index in [0.29, 0.717) is 25.6 Å². The molecule has 0 amide bonds. The fourth-order valence-electron chi connectivity index (χ4n) is 0.876. The molecule has 0 aromatic rings. The lowest BCUT2D eigenvalue weighted by atomic mass is 10.1. The van der Waals surface area contributed by atoms with Crippen LogP contribution in [0.2, 0.25) is 0 Å². The van der Waals surface area contributed by atoms with Crippen molar-refractivity contribution in [2.24, 2.45) is 5.92 Å². The second-order valence-corrected chi connectivity index (χ2v) is 4.08. The van der Waals surface area contributed by atoms with E-state index < -0.39 is 0 Å². The van der Waals surface area contributed by atoms with Crippen LogP contribution in [0.15, 0.2) is 0 Å². The molecule has 0 bridgehead atoms. The number of hydrogen-bond acceptors (Lipinski definition) is 4. The van der Waals surface area contributed by atoms with Crippen molar-refractivity contribution in [1.82, 2.24) is 0 Å². The van der Waals surface area contributed by atoms with Gasteiger partial charge in [0.25, 0.3) is 0 Å². The number of carbonyl (C=O) groups is 2. The lowest BCUT2D eigenvalue weighted by Crippen LogP contribution is -2.02. The SMILES string of the molecule is CC(=O)OCCC(C)C.CCCC(=O)OCC. The van der Waals surface area contributed by atoms with Crippen molar-refractivity contribution in [1.29, 1.82) is 0 Å². The highest BCUT2D eigenvalue weighted by atomic mass is 16.5. The van der Waals surface area contributed by atoms with E-state index in [9.17, 15) is 9.59 Å². The predicted molar refractivity (Wildman–Crippen MR) is 67.6 cm³/mol. The Labute approximate surface area is 105 Å². The van der Waals surface area contributed by atoms with Gasteiger partial charge < -0.3 is 9.47 Å². The highest BCUT2D eigenvalue weighted by Gasteiger charge is 1.95. The third-order valence-corrected chi connectivity index (χ3v) is 1.76. The van der Waals surface area contributed by atoms with Crippen LogP contribution in [0.4, 0.5) is 0 Å². The van der Waals surface area contributed by atoms with Crippen LogP contribution in [0, 0.1) is 5.92 Å². The third kappa shape index (κ3) is 20.9. The van der Waals surface area contributed by atoms with Crippen LogP contribution in [-0.2, 0) is 19.1 Å². The van der Waals surface area contributed by atoms with Crippen LogP contribution >= 0.6 is 0 Å². The molecule has 0 saturated heterocycles. The largest absolute Gasteiger partial charge is 0.466 e. The van der Waals surface area contributed by atoms with Gasteiger partial charge in [0.1, 0.15) is 0 Å². The minimum absolute atomic E-state index is 0.0880. The van der Waals surface area contributed by atoms with E-state index in [4.69, 9.17) is 4.74 Å². The number of carbonyl (C=O) groups excluding carboxylic acids is 2. The highest BCUT2D eigenvalue weighted by Crippen LogP contribution is 1.98. The Morgan fingerprint density at radius 3 is 2.06 bits per heavy atom. The van der Waals surface area contributed by atoms with Crippen LogP contribution in [0.5, 0.6) is 0 Å². The molecule has 0 aliphatic heterocycles. The Hall–Kier alpha value is -1.06. The molecule has 0 radical (unpaired) electrons. The molecule has 4 heteroatoms. The molecule has 0 N–H and O–H groups in total. The van der Waals surface area contributed by atoms with Gasteiger partial charge in [-0.25, -0.2) is 0 Å². The first-order chi connectivity index (χ1) is 7.93. The standard InChI is InChI=1S/C7H14O2.C6H12O2/c1-6(2)4-5-9-7(3)8;1-3-5-6(7)8-4-2/h6H,4-5H2,1-3H3;3-5H2,1-2H3. The molecule has 0 aliphatic rings. The second kappa shape index (κ2) is 13.0. The van der Waals surface area contributed by atoms with Gasteiger partial charge in [-0.1, -0.05) is 20.8 Å². The van der Waals surface area contributed by atoms with E-state index >= 15 is 0 Å². The van der Waals surface area contributed by atoms with E-state index in [0.717, 1.165) is 12.8 Å². The van der Waals surface area contributed by atoms with Gasteiger partial charge in [-0.2, -0.15) is 0 Å². The van der Waals surface area contributed by atoms with Crippen molar-refractivity contribution in [3.05, 3.63) is 0 Å². The van der Waals surface area contributed by atoms with E-state index in [2.05, 4.69) is 18.6 Å². The summed E-state index contributed by atoms with van der Waals surface area (Å²) >= 11 is 0. The average Bonchev–Trinajstić information content (AvgIpc) is 2.18. The van der Waals surface area contributed by atoms with Crippen molar-refractivity contribution in [3.8, 4) is 0 Å². The maximum atomic E-state index is 10.4. The summed E-state index contributed by atoms with van der Waals surface area (Å²) in [6, 6.07) is 0. The van der Waals surface area contributed by atoms with Gasteiger partial charge in [-0.05, 0) is 25.7 Å². The van der Waals surface area contributed by atoms with Gasteiger partial charge in [-0.15, -0.1) is 0 Å². The molecule has 4 nitrogen and oxygen atoms in total. The molecule has 102 valence electrons. The van der Waals surface area contributed by atoms with E-state index in [1.165, 1.54) is 6.92 Å². The Bertz CT molecular complexity index is 192. The molecule has 0 atom stereocenters. The molecule has 0 aliphatic carbocycles. The van der Waals surface area contributed by atoms with Crippen molar-refractivity contribution in [2.45, 2.75) is 53.9 Å². The van der Waals surface area contributed by atoms with Gasteiger partial charge in [0.15, 0.2) is 0 Å². The molecular weight excluding hydrogens is 220 g/mol. The molecule has 0 spiro atoms. The van der Waals surface area contributed by atoms with E-state index in [1.54, 1.807) is 0 Å². The van der Waals surface area contributed by atoms with Crippen molar-refractivity contribution in [2.75, 3.05) is 13.2 Å². The normalized spacial score (nSPS) is 9.29. The van der Waals surface area contributed by atoms with Gasteiger partial charge >= 0.3 is 11.9 Å². The van der Waals surface area contributed by atoms with Crippen molar-refractivity contribution in [3.63, 3.8) is 0 Å². The van der Waals surface area contributed by atoms with Crippen LogP contribution in [-0.4, -0.2) is 25.2 Å². The lowest BCUT2D eigenvalue weighted by molar-refractivity contribution is -0.143. The Kier molecular flexibility index (Phi) is 14.0. The molecule has 0 fully saturated rings. The monoisotopic (exact) mass is 246 g/mol. The van der Waals surface area contributed by atoms with Gasteiger partial charge in [0.05, 0.1) is 13.2 Å². The molecule has 0 aromatic heterocycles. The fourth-order valence-corrected chi connectivity index (χ4v) is 0.876. The summed E-state index contributed by atoms with van der Waals surface area (Å²) in [4.78, 5) is 20.6. The topological polar surface area (TPSA) is 52.6 Å². The maximum Gasteiger partial charge on any atom is 0.305 e. The summed E-state index contributed by atoms with van der Waals surface area (Å²) in [6.07, 6.45) is 2.38. The highest BCUT2D eigenvalue weighted by molar-refractivity contribution is 5.69. The van der Waals surface area contributed by atoms with Gasteiger partial charge in [0, 0.05) is 13.3 Å². The summed E-state index contributed by atoms with van der Waals surface area (Å²) < 4.78 is 9.36. The smallest absolute Gasteiger partial charge is 0.305 e. The average molecular weight is 246 g/mol. The second-order valence-electron chi connectivity index (χ2n) is 4.08. The summed E-state index contributed by atoms with van der Waals surface area (Å²) in [6.45, 7) is 10.5. The minimum atomic E-state index is -0.185. The molecule has 17 heavy (non-hydrogen) atoms. The summed E-state index contributed by atoms with van der Waals surface area (Å²) in [5, 5.41) is 0. The zero-order valence-electron chi connectivity index (χ0n) is 11.7. The quantitative estimate of drug-likeness (QED) is 0.676. The first-order valence-electron chi connectivity index (χ1n) is 6.22. The first kappa shape index (κ1) is 18.3. The molecule has 0 aromatic carbocycles. The van der Waals surface area contributed by atoms with Gasteiger partial charge in [0.2, 0.25) is 0 Å². The number of hydrogen-bond donors (Lipinski definition) is 0. The Balaban J connectivity index is 0. The fraction of sp³-hybridized carbons (Fsp3) is 0.846. The molecule has 0 rings (SSSR count). The van der Waals surface area contributed by atoms with E-state index in [1.807, 2.05) is 13.8 Å². The predicted octanol–water partition coefficient (Wildman–Crippen LogP) is 2.95. The van der Waals surface area contributed by atoms with Crippen LogP contribution in [0.3, 0.4) is 0 Å². The minimum Gasteiger partial charge on any atom is -0.466 e. The lowest BCUT2D eigenvalue weighted by Gasteiger charge is -2.02. The Morgan fingerprint density at radius 1 is 1.12 bits per heavy atom. The molecule has 0 unspecified atom stereocenters. The number of esters is 2. The molecule has 0 heterocycles.